The minimum absolute atomic E-state index is 0.248. The second kappa shape index (κ2) is 5.05. The summed E-state index contributed by atoms with van der Waals surface area (Å²) in [5.74, 6) is 2.01. The van der Waals surface area contributed by atoms with Gasteiger partial charge in [-0.05, 0) is 19.5 Å². The zero-order valence-corrected chi connectivity index (χ0v) is 11.3. The Morgan fingerprint density at radius 1 is 1.42 bits per heavy atom. The Bertz CT molecular complexity index is 564. The van der Waals surface area contributed by atoms with Crippen LogP contribution in [0.2, 0.25) is 0 Å². The molecule has 2 unspecified atom stereocenters. The molecule has 1 aliphatic rings. The third-order valence-corrected chi connectivity index (χ3v) is 3.69. The summed E-state index contributed by atoms with van der Waals surface area (Å²) in [6, 6.07) is 8.78. The van der Waals surface area contributed by atoms with Crippen molar-refractivity contribution >= 4 is 0 Å². The van der Waals surface area contributed by atoms with Crippen molar-refractivity contribution in [2.24, 2.45) is 0 Å². The predicted octanol–water partition coefficient (Wildman–Crippen LogP) is 2.48. The molecule has 2 atom stereocenters. The van der Waals surface area contributed by atoms with E-state index in [4.69, 9.17) is 4.74 Å². The van der Waals surface area contributed by atoms with Gasteiger partial charge in [-0.3, -0.25) is 0 Å². The van der Waals surface area contributed by atoms with Crippen molar-refractivity contribution in [3.63, 3.8) is 0 Å². The largest absolute Gasteiger partial charge is 0.491 e. The monoisotopic (exact) mass is 257 g/mol. The van der Waals surface area contributed by atoms with Gasteiger partial charge in [-0.25, -0.2) is 4.98 Å². The molecule has 0 spiro atoms. The number of benzene rings is 1. The molecule has 0 aliphatic carbocycles. The van der Waals surface area contributed by atoms with E-state index < -0.39 is 0 Å². The molecule has 4 heteroatoms. The standard InChI is InChI=1S/C15H19N3O/c1-3-16-15-12-6-4-5-7-14(12)19-10-13(15)18-9-8-17-11(18)2/h4-9,13,15-16H,3,10H2,1-2H3. The van der Waals surface area contributed by atoms with Gasteiger partial charge < -0.3 is 14.6 Å². The first-order valence-electron chi connectivity index (χ1n) is 6.75. The quantitative estimate of drug-likeness (QED) is 0.918. The number of hydrogen-bond acceptors (Lipinski definition) is 3. The van der Waals surface area contributed by atoms with Crippen LogP contribution in [-0.4, -0.2) is 22.7 Å². The minimum atomic E-state index is 0.248. The summed E-state index contributed by atoms with van der Waals surface area (Å²) in [6.07, 6.45) is 3.88. The highest BCUT2D eigenvalue weighted by molar-refractivity contribution is 5.38. The van der Waals surface area contributed by atoms with E-state index in [1.54, 1.807) is 0 Å². The lowest BCUT2D eigenvalue weighted by Crippen LogP contribution is -2.37. The summed E-state index contributed by atoms with van der Waals surface area (Å²) in [6.45, 7) is 5.77. The second-order valence-corrected chi connectivity index (χ2v) is 4.83. The molecule has 0 saturated heterocycles. The topological polar surface area (TPSA) is 39.1 Å². The molecule has 0 fully saturated rings. The van der Waals surface area contributed by atoms with Gasteiger partial charge in [0, 0.05) is 18.0 Å². The van der Waals surface area contributed by atoms with Crippen molar-refractivity contribution < 1.29 is 4.74 Å². The van der Waals surface area contributed by atoms with E-state index in [0.717, 1.165) is 18.1 Å². The molecule has 1 aromatic heterocycles. The van der Waals surface area contributed by atoms with Gasteiger partial charge in [0.2, 0.25) is 0 Å². The summed E-state index contributed by atoms with van der Waals surface area (Å²) >= 11 is 0. The highest BCUT2D eigenvalue weighted by Gasteiger charge is 2.31. The molecule has 2 aromatic rings. The molecule has 0 saturated carbocycles. The van der Waals surface area contributed by atoms with Gasteiger partial charge >= 0.3 is 0 Å². The van der Waals surface area contributed by atoms with Crippen molar-refractivity contribution in [1.82, 2.24) is 14.9 Å². The lowest BCUT2D eigenvalue weighted by molar-refractivity contribution is 0.179. The number of hydrogen-bond donors (Lipinski definition) is 1. The molecule has 0 bridgehead atoms. The first-order chi connectivity index (χ1) is 9.31. The summed E-state index contributed by atoms with van der Waals surface area (Å²) in [5.41, 5.74) is 1.23. The molecular formula is C15H19N3O. The van der Waals surface area contributed by atoms with Gasteiger partial charge in [-0.2, -0.15) is 0 Å². The zero-order chi connectivity index (χ0) is 13.2. The van der Waals surface area contributed by atoms with E-state index in [-0.39, 0.29) is 12.1 Å². The summed E-state index contributed by atoms with van der Waals surface area (Å²) in [7, 11) is 0. The third kappa shape index (κ3) is 2.12. The molecule has 0 radical (unpaired) electrons. The fourth-order valence-electron chi connectivity index (χ4n) is 2.79. The number of nitrogens with one attached hydrogen (secondary N) is 1. The Morgan fingerprint density at radius 3 is 3.00 bits per heavy atom. The molecule has 2 heterocycles. The fraction of sp³-hybridized carbons (Fsp3) is 0.400. The molecule has 1 N–H and O–H groups in total. The highest BCUT2D eigenvalue weighted by Crippen LogP contribution is 2.37. The average Bonchev–Trinajstić information content (AvgIpc) is 2.86. The average molecular weight is 257 g/mol. The molecule has 19 heavy (non-hydrogen) atoms. The number of nitrogens with zero attached hydrogens (tertiary/aromatic N) is 2. The lowest BCUT2D eigenvalue weighted by atomic mass is 9.96. The van der Waals surface area contributed by atoms with Crippen LogP contribution in [0.25, 0.3) is 0 Å². The maximum Gasteiger partial charge on any atom is 0.124 e. The van der Waals surface area contributed by atoms with Crippen LogP contribution in [0.3, 0.4) is 0 Å². The normalized spacial score (nSPS) is 21.8. The summed E-state index contributed by atoms with van der Waals surface area (Å²) in [4.78, 5) is 4.32. The zero-order valence-electron chi connectivity index (χ0n) is 11.3. The molecular weight excluding hydrogens is 238 g/mol. The van der Waals surface area contributed by atoms with Crippen molar-refractivity contribution in [3.8, 4) is 5.75 Å². The van der Waals surface area contributed by atoms with Gasteiger partial charge in [0.1, 0.15) is 18.2 Å². The van der Waals surface area contributed by atoms with Crippen LogP contribution in [0.15, 0.2) is 36.7 Å². The van der Waals surface area contributed by atoms with Crippen molar-refractivity contribution in [3.05, 3.63) is 48.0 Å². The number of imidazole rings is 1. The number of ether oxygens (including phenoxy) is 1. The van der Waals surface area contributed by atoms with E-state index in [2.05, 4.69) is 33.9 Å². The SMILES string of the molecule is CCNC1c2ccccc2OCC1n1ccnc1C. The Kier molecular flexibility index (Phi) is 3.25. The molecule has 4 nitrogen and oxygen atoms in total. The third-order valence-electron chi connectivity index (χ3n) is 3.69. The number of para-hydroxylation sites is 1. The van der Waals surface area contributed by atoms with Gasteiger partial charge in [0.15, 0.2) is 0 Å². The number of aromatic nitrogens is 2. The van der Waals surface area contributed by atoms with Crippen LogP contribution in [0.4, 0.5) is 0 Å². The molecule has 1 aromatic carbocycles. The van der Waals surface area contributed by atoms with Gasteiger partial charge in [-0.1, -0.05) is 25.1 Å². The molecule has 3 rings (SSSR count). The number of aryl methyl sites for hydroxylation is 1. The second-order valence-electron chi connectivity index (χ2n) is 4.83. The Hall–Kier alpha value is -1.81. The Balaban J connectivity index is 2.01. The smallest absolute Gasteiger partial charge is 0.124 e. The van der Waals surface area contributed by atoms with Crippen LogP contribution in [0.1, 0.15) is 30.4 Å². The van der Waals surface area contributed by atoms with E-state index in [1.165, 1.54) is 5.56 Å². The summed E-state index contributed by atoms with van der Waals surface area (Å²) < 4.78 is 8.10. The van der Waals surface area contributed by atoms with Gasteiger partial charge in [-0.15, -0.1) is 0 Å². The first-order valence-corrected chi connectivity index (χ1v) is 6.75. The Labute approximate surface area is 113 Å². The van der Waals surface area contributed by atoms with Gasteiger partial charge in [0.05, 0.1) is 12.1 Å². The van der Waals surface area contributed by atoms with Gasteiger partial charge in [0.25, 0.3) is 0 Å². The van der Waals surface area contributed by atoms with Crippen molar-refractivity contribution in [1.29, 1.82) is 0 Å². The lowest BCUT2D eigenvalue weighted by Gasteiger charge is -2.35. The maximum absolute atomic E-state index is 5.90. The van der Waals surface area contributed by atoms with E-state index in [1.807, 2.05) is 31.5 Å². The molecule has 100 valence electrons. The van der Waals surface area contributed by atoms with E-state index in [9.17, 15) is 0 Å². The van der Waals surface area contributed by atoms with Crippen LogP contribution in [-0.2, 0) is 0 Å². The summed E-state index contributed by atoms with van der Waals surface area (Å²) in [5, 5.41) is 3.58. The van der Waals surface area contributed by atoms with Crippen molar-refractivity contribution in [2.45, 2.75) is 25.9 Å². The van der Waals surface area contributed by atoms with Crippen molar-refractivity contribution in [2.75, 3.05) is 13.2 Å². The number of fused-ring (bicyclic) bond motifs is 1. The Morgan fingerprint density at radius 2 is 2.26 bits per heavy atom. The minimum Gasteiger partial charge on any atom is -0.491 e. The van der Waals surface area contributed by atoms with Crippen LogP contribution < -0.4 is 10.1 Å². The van der Waals surface area contributed by atoms with Crippen LogP contribution in [0.5, 0.6) is 5.75 Å². The number of likely N-dealkylation sites (N-methyl/N-ethyl adjacent to an activating group) is 1. The molecule has 0 amide bonds. The maximum atomic E-state index is 5.90. The molecule has 1 aliphatic heterocycles. The van der Waals surface area contributed by atoms with Crippen LogP contribution in [0, 0.1) is 6.92 Å². The first kappa shape index (κ1) is 12.2. The van der Waals surface area contributed by atoms with E-state index >= 15 is 0 Å². The van der Waals surface area contributed by atoms with E-state index in [0.29, 0.717) is 6.61 Å². The highest BCUT2D eigenvalue weighted by atomic mass is 16.5. The number of rotatable bonds is 3. The van der Waals surface area contributed by atoms with Crippen LogP contribution >= 0.6 is 0 Å². The fourth-order valence-corrected chi connectivity index (χ4v) is 2.79. The predicted molar refractivity (Wildman–Crippen MR) is 74.4 cm³/mol.